The van der Waals surface area contributed by atoms with Crippen molar-refractivity contribution in [3.05, 3.63) is 18.2 Å². The van der Waals surface area contributed by atoms with Crippen molar-refractivity contribution >= 4 is 17.3 Å². The molecule has 1 rings (SSSR count). The molecule has 0 atom stereocenters. The topological polar surface area (TPSA) is 108 Å². The van der Waals surface area contributed by atoms with Gasteiger partial charge < -0.3 is 24.4 Å². The van der Waals surface area contributed by atoms with E-state index in [1.54, 1.807) is 26.2 Å². The lowest BCUT2D eigenvalue weighted by Gasteiger charge is -2.27. The molecule has 0 radical (unpaired) electrons. The van der Waals surface area contributed by atoms with Gasteiger partial charge in [0.05, 0.1) is 64.2 Å². The van der Waals surface area contributed by atoms with Crippen molar-refractivity contribution in [2.24, 2.45) is 0 Å². The monoisotopic (exact) mass is 388 g/mol. The third-order valence-corrected chi connectivity index (χ3v) is 3.85. The van der Waals surface area contributed by atoms with E-state index >= 15 is 0 Å². The highest BCUT2D eigenvalue weighted by atomic mass is 16.5. The Morgan fingerprint density at radius 1 is 1.07 bits per heavy atom. The molecule has 28 heavy (non-hydrogen) atoms. The zero-order valence-corrected chi connectivity index (χ0v) is 16.6. The number of nitrogens with one attached hydrogen (secondary N) is 1. The molecule has 0 aliphatic rings. The van der Waals surface area contributed by atoms with E-state index in [9.17, 15) is 4.79 Å². The summed E-state index contributed by atoms with van der Waals surface area (Å²) in [6.07, 6.45) is 1.09. The van der Waals surface area contributed by atoms with Gasteiger partial charge in [-0.2, -0.15) is 10.5 Å². The first kappa shape index (κ1) is 23.2. The van der Waals surface area contributed by atoms with E-state index in [0.29, 0.717) is 70.2 Å². The number of anilines is 2. The molecule has 1 aromatic rings. The fraction of sp³-hybridized carbons (Fsp3) is 0.550. The first-order valence-electron chi connectivity index (χ1n) is 9.28. The summed E-state index contributed by atoms with van der Waals surface area (Å²) >= 11 is 0. The van der Waals surface area contributed by atoms with Gasteiger partial charge in [-0.05, 0) is 18.2 Å². The number of amides is 1. The molecule has 0 bridgehead atoms. The normalized spacial score (nSPS) is 10.0. The minimum atomic E-state index is -0.0673. The molecule has 0 aromatic heterocycles. The quantitative estimate of drug-likeness (QED) is 0.488. The summed E-state index contributed by atoms with van der Waals surface area (Å²) in [5, 5.41) is 20.1. The van der Waals surface area contributed by atoms with Gasteiger partial charge in [-0.15, -0.1) is 0 Å². The van der Waals surface area contributed by atoms with E-state index < -0.39 is 0 Å². The Bertz CT molecular complexity index is 658. The van der Waals surface area contributed by atoms with Crippen LogP contribution in [0.15, 0.2) is 18.2 Å². The first-order valence-corrected chi connectivity index (χ1v) is 9.28. The number of carbonyl (C=O) groups excluding carboxylic acids is 1. The van der Waals surface area contributed by atoms with Gasteiger partial charge in [0, 0.05) is 25.2 Å². The molecule has 0 aliphatic heterocycles. The lowest BCUT2D eigenvalue weighted by Crippen LogP contribution is -2.31. The van der Waals surface area contributed by atoms with Gasteiger partial charge in [0.25, 0.3) is 0 Å². The van der Waals surface area contributed by atoms with Crippen LogP contribution in [0, 0.1) is 22.7 Å². The van der Waals surface area contributed by atoms with Crippen LogP contribution in [-0.4, -0.2) is 52.5 Å². The number of hydrogen-bond donors (Lipinski definition) is 1. The number of ether oxygens (including phenoxy) is 3. The van der Waals surface area contributed by atoms with Crippen LogP contribution in [0.25, 0.3) is 0 Å². The number of rotatable bonds is 14. The molecule has 0 spiro atoms. The van der Waals surface area contributed by atoms with Gasteiger partial charge in [-0.25, -0.2) is 0 Å². The number of benzene rings is 1. The molecular weight excluding hydrogens is 360 g/mol. The van der Waals surface area contributed by atoms with Crippen molar-refractivity contribution in [1.82, 2.24) is 0 Å². The van der Waals surface area contributed by atoms with Crippen LogP contribution in [0.2, 0.25) is 0 Å². The average Bonchev–Trinajstić information content (AvgIpc) is 2.71. The molecule has 0 aliphatic carbocycles. The maximum Gasteiger partial charge on any atom is 0.224 e. The van der Waals surface area contributed by atoms with Gasteiger partial charge in [0.15, 0.2) is 0 Å². The van der Waals surface area contributed by atoms with E-state index in [4.69, 9.17) is 24.7 Å². The largest absolute Gasteiger partial charge is 0.495 e. The van der Waals surface area contributed by atoms with Crippen LogP contribution in [0.5, 0.6) is 5.75 Å². The average molecular weight is 388 g/mol. The fourth-order valence-electron chi connectivity index (χ4n) is 2.41. The summed E-state index contributed by atoms with van der Waals surface area (Å²) in [5.74, 6) is 0.603. The number of carbonyl (C=O) groups is 1. The Kier molecular flexibility index (Phi) is 11.8. The third-order valence-electron chi connectivity index (χ3n) is 3.85. The first-order chi connectivity index (χ1) is 13.7. The maximum absolute atomic E-state index is 11.7. The minimum Gasteiger partial charge on any atom is -0.495 e. The molecule has 1 aromatic carbocycles. The van der Waals surface area contributed by atoms with Crippen molar-refractivity contribution in [3.8, 4) is 17.9 Å². The molecule has 8 nitrogen and oxygen atoms in total. The molecule has 1 amide bonds. The van der Waals surface area contributed by atoms with E-state index in [1.807, 2.05) is 23.1 Å². The lowest BCUT2D eigenvalue weighted by atomic mass is 10.2. The van der Waals surface area contributed by atoms with E-state index in [2.05, 4.69) is 5.32 Å². The van der Waals surface area contributed by atoms with Crippen molar-refractivity contribution in [3.63, 3.8) is 0 Å². The van der Waals surface area contributed by atoms with Crippen LogP contribution < -0.4 is 15.0 Å². The molecule has 0 fully saturated rings. The van der Waals surface area contributed by atoms with E-state index in [0.717, 1.165) is 5.69 Å². The number of nitrogens with zero attached hydrogens (tertiary/aromatic N) is 3. The Hall–Kier alpha value is -2.81. The van der Waals surface area contributed by atoms with Crippen molar-refractivity contribution in [1.29, 1.82) is 10.5 Å². The zero-order valence-electron chi connectivity index (χ0n) is 16.6. The summed E-state index contributed by atoms with van der Waals surface area (Å²) in [4.78, 5) is 13.8. The van der Waals surface area contributed by atoms with E-state index in [-0.39, 0.29) is 5.91 Å². The van der Waals surface area contributed by atoms with Gasteiger partial charge in [0.1, 0.15) is 5.75 Å². The van der Waals surface area contributed by atoms with Gasteiger partial charge >= 0.3 is 0 Å². The number of hydrogen-bond acceptors (Lipinski definition) is 7. The van der Waals surface area contributed by atoms with Crippen LogP contribution in [0.1, 0.15) is 26.2 Å². The van der Waals surface area contributed by atoms with Gasteiger partial charge in [-0.1, -0.05) is 6.92 Å². The van der Waals surface area contributed by atoms with Crippen LogP contribution in [0.3, 0.4) is 0 Å². The highest BCUT2D eigenvalue weighted by molar-refractivity contribution is 5.91. The number of methoxy groups -OCH3 is 1. The van der Waals surface area contributed by atoms with Gasteiger partial charge in [0.2, 0.25) is 5.91 Å². The lowest BCUT2D eigenvalue weighted by molar-refractivity contribution is -0.115. The molecule has 0 saturated carbocycles. The summed E-state index contributed by atoms with van der Waals surface area (Å²) < 4.78 is 16.5. The molecule has 8 heteroatoms. The van der Waals surface area contributed by atoms with Crippen molar-refractivity contribution in [2.75, 3.05) is 56.8 Å². The summed E-state index contributed by atoms with van der Waals surface area (Å²) in [7, 11) is 1.59. The molecule has 0 saturated heterocycles. The second-order valence-electron chi connectivity index (χ2n) is 5.82. The molecular formula is C20H28N4O4. The highest BCUT2D eigenvalue weighted by Gasteiger charge is 2.14. The molecule has 0 unspecified atom stereocenters. The third kappa shape index (κ3) is 8.72. The van der Waals surface area contributed by atoms with Crippen LogP contribution >= 0.6 is 0 Å². The second-order valence-corrected chi connectivity index (χ2v) is 5.82. The Labute approximate surface area is 166 Å². The number of nitriles is 2. The summed E-state index contributed by atoms with van der Waals surface area (Å²) in [6.45, 7) is 4.56. The predicted molar refractivity (Wildman–Crippen MR) is 106 cm³/mol. The fourth-order valence-corrected chi connectivity index (χ4v) is 2.41. The Morgan fingerprint density at radius 2 is 1.68 bits per heavy atom. The van der Waals surface area contributed by atoms with Crippen LogP contribution in [-0.2, 0) is 14.3 Å². The summed E-state index contributed by atoms with van der Waals surface area (Å²) in [6, 6.07) is 9.55. The standard InChI is InChI=1S/C20H28N4O4/c1-3-20(25)23-17-6-7-19(26-2)18(16-17)24(10-14-27-12-4-8-21)11-15-28-13-5-9-22/h6-7,16H,3-5,10-15H2,1-2H3,(H,23,25). The maximum atomic E-state index is 11.7. The minimum absolute atomic E-state index is 0.0673. The van der Waals surface area contributed by atoms with Crippen molar-refractivity contribution in [2.45, 2.75) is 26.2 Å². The highest BCUT2D eigenvalue weighted by Crippen LogP contribution is 2.31. The second kappa shape index (κ2) is 14.3. The molecule has 152 valence electrons. The predicted octanol–water partition coefficient (Wildman–Crippen LogP) is 2.71. The molecule has 0 heterocycles. The smallest absolute Gasteiger partial charge is 0.224 e. The summed E-state index contributed by atoms with van der Waals surface area (Å²) in [5.41, 5.74) is 1.49. The van der Waals surface area contributed by atoms with Crippen molar-refractivity contribution < 1.29 is 19.0 Å². The Balaban J connectivity index is 2.88. The van der Waals surface area contributed by atoms with Gasteiger partial charge in [-0.3, -0.25) is 4.79 Å². The Morgan fingerprint density at radius 3 is 2.18 bits per heavy atom. The molecule has 1 N–H and O–H groups in total. The van der Waals surface area contributed by atoms with E-state index in [1.165, 1.54) is 0 Å². The van der Waals surface area contributed by atoms with Crippen LogP contribution in [0.4, 0.5) is 11.4 Å². The SMILES string of the molecule is CCC(=O)Nc1ccc(OC)c(N(CCOCCC#N)CCOCCC#N)c1. The zero-order chi connectivity index (χ0) is 20.6.